The molecular formula is C12H14ClF3N2O2S. The molecule has 4 nitrogen and oxygen atoms in total. The van der Waals surface area contributed by atoms with Gasteiger partial charge in [0.1, 0.15) is 0 Å². The molecule has 2 amide bonds. The number of halogens is 4. The number of urea groups is 1. The molecular weight excluding hydrogens is 329 g/mol. The predicted molar refractivity (Wildman–Crippen MR) is 76.9 cm³/mol. The molecule has 2 N–H and O–H groups in total. The maximum Gasteiger partial charge on any atom is 0.416 e. The summed E-state index contributed by atoms with van der Waals surface area (Å²) >= 11 is 7.17. The van der Waals surface area contributed by atoms with E-state index in [2.05, 4.69) is 5.32 Å². The molecule has 0 aliphatic heterocycles. The second-order valence-electron chi connectivity index (χ2n) is 4.21. The number of alkyl halides is 3. The third kappa shape index (κ3) is 5.29. The molecule has 9 heteroatoms. The summed E-state index contributed by atoms with van der Waals surface area (Å²) in [4.78, 5) is 13.3. The number of carbonyl (C=O) groups excluding carboxylic acids is 1. The van der Waals surface area contributed by atoms with Crippen LogP contribution in [0.3, 0.4) is 0 Å². The number of carbonyl (C=O) groups is 1. The Morgan fingerprint density at radius 2 is 2.14 bits per heavy atom. The van der Waals surface area contributed by atoms with Gasteiger partial charge in [-0.2, -0.15) is 13.2 Å². The summed E-state index contributed by atoms with van der Waals surface area (Å²) in [6.07, 6.45) is -5.57. The summed E-state index contributed by atoms with van der Waals surface area (Å²) in [7, 11) is 1.16. The van der Waals surface area contributed by atoms with E-state index in [-0.39, 0.29) is 0 Å². The highest BCUT2D eigenvalue weighted by Gasteiger charge is 2.39. The van der Waals surface area contributed by atoms with Gasteiger partial charge in [-0.15, -0.1) is 11.8 Å². The Labute approximate surface area is 129 Å². The number of hydrogen-bond donors (Lipinski definition) is 2. The van der Waals surface area contributed by atoms with E-state index in [1.54, 1.807) is 18.4 Å². The van der Waals surface area contributed by atoms with Gasteiger partial charge in [0.25, 0.3) is 0 Å². The van der Waals surface area contributed by atoms with Crippen molar-refractivity contribution in [2.75, 3.05) is 25.2 Å². The highest BCUT2D eigenvalue weighted by molar-refractivity contribution is 7.98. The van der Waals surface area contributed by atoms with Crippen LogP contribution in [0.4, 0.5) is 23.7 Å². The average molecular weight is 343 g/mol. The molecule has 0 spiro atoms. The van der Waals surface area contributed by atoms with Crippen LogP contribution in [-0.4, -0.2) is 48.2 Å². The lowest BCUT2D eigenvalue weighted by atomic mass is 10.3. The van der Waals surface area contributed by atoms with Crippen LogP contribution >= 0.6 is 23.4 Å². The molecule has 0 fully saturated rings. The van der Waals surface area contributed by atoms with Gasteiger partial charge in [0.2, 0.25) is 0 Å². The van der Waals surface area contributed by atoms with Crippen molar-refractivity contribution in [3.63, 3.8) is 0 Å². The van der Waals surface area contributed by atoms with E-state index >= 15 is 0 Å². The van der Waals surface area contributed by atoms with Gasteiger partial charge in [0, 0.05) is 17.0 Å². The SMILES string of the molecule is CSc1ccc(Cl)cc1NC(=O)N(C)C[C@@H](O)C(F)(F)F. The Morgan fingerprint density at radius 1 is 1.52 bits per heavy atom. The summed E-state index contributed by atoms with van der Waals surface area (Å²) in [6.45, 7) is -0.857. The Kier molecular flexibility index (Phi) is 6.18. The Hall–Kier alpha value is -1.12. The number of benzene rings is 1. The lowest BCUT2D eigenvalue weighted by Crippen LogP contribution is -2.43. The van der Waals surface area contributed by atoms with E-state index < -0.39 is 24.9 Å². The molecule has 1 atom stereocenters. The van der Waals surface area contributed by atoms with E-state index in [1.807, 2.05) is 0 Å². The molecule has 0 aliphatic carbocycles. The van der Waals surface area contributed by atoms with E-state index in [9.17, 15) is 18.0 Å². The Balaban J connectivity index is 2.75. The van der Waals surface area contributed by atoms with E-state index in [4.69, 9.17) is 16.7 Å². The zero-order valence-corrected chi connectivity index (χ0v) is 12.8. The molecule has 0 saturated carbocycles. The van der Waals surface area contributed by atoms with Gasteiger partial charge < -0.3 is 15.3 Å². The number of hydrogen-bond acceptors (Lipinski definition) is 3. The number of likely N-dealkylation sites (N-methyl/N-ethyl adjacent to an activating group) is 1. The first kappa shape index (κ1) is 17.9. The fourth-order valence-corrected chi connectivity index (χ4v) is 2.14. The number of thioether (sulfide) groups is 1. The highest BCUT2D eigenvalue weighted by Crippen LogP contribution is 2.28. The van der Waals surface area contributed by atoms with Crippen LogP contribution in [0.2, 0.25) is 5.02 Å². The molecule has 0 radical (unpaired) electrons. The van der Waals surface area contributed by atoms with Gasteiger partial charge in [-0.05, 0) is 24.5 Å². The van der Waals surface area contributed by atoms with E-state index in [0.717, 1.165) is 16.8 Å². The minimum Gasteiger partial charge on any atom is -0.382 e. The van der Waals surface area contributed by atoms with Crippen molar-refractivity contribution in [2.45, 2.75) is 17.2 Å². The first-order valence-electron chi connectivity index (χ1n) is 5.75. The number of aliphatic hydroxyl groups is 1. The quantitative estimate of drug-likeness (QED) is 0.824. The van der Waals surface area contributed by atoms with Crippen LogP contribution in [0.25, 0.3) is 0 Å². The van der Waals surface area contributed by atoms with Gasteiger partial charge in [-0.25, -0.2) is 4.79 Å². The van der Waals surface area contributed by atoms with Crippen molar-refractivity contribution in [1.29, 1.82) is 0 Å². The fourth-order valence-electron chi connectivity index (χ4n) is 1.43. The molecule has 1 aromatic rings. The third-order valence-electron chi connectivity index (χ3n) is 2.57. The maximum absolute atomic E-state index is 12.2. The molecule has 118 valence electrons. The van der Waals surface area contributed by atoms with Gasteiger partial charge in [-0.1, -0.05) is 11.6 Å². The van der Waals surface area contributed by atoms with Gasteiger partial charge >= 0.3 is 12.2 Å². The first-order valence-corrected chi connectivity index (χ1v) is 7.36. The number of anilines is 1. The summed E-state index contributed by atoms with van der Waals surface area (Å²) in [5.74, 6) is 0. The summed E-state index contributed by atoms with van der Waals surface area (Å²) < 4.78 is 36.7. The van der Waals surface area contributed by atoms with Crippen molar-refractivity contribution >= 4 is 35.1 Å². The zero-order valence-electron chi connectivity index (χ0n) is 11.2. The normalized spacial score (nSPS) is 12.9. The van der Waals surface area contributed by atoms with Crippen LogP contribution in [-0.2, 0) is 0 Å². The lowest BCUT2D eigenvalue weighted by molar-refractivity contribution is -0.205. The number of amides is 2. The molecule has 21 heavy (non-hydrogen) atoms. The van der Waals surface area contributed by atoms with Crippen LogP contribution in [0.15, 0.2) is 23.1 Å². The summed E-state index contributed by atoms with van der Waals surface area (Å²) in [5, 5.41) is 11.8. The topological polar surface area (TPSA) is 52.6 Å². The van der Waals surface area contributed by atoms with Crippen LogP contribution in [0, 0.1) is 0 Å². The first-order chi connectivity index (χ1) is 9.65. The second-order valence-corrected chi connectivity index (χ2v) is 5.50. The maximum atomic E-state index is 12.2. The number of aliphatic hydroxyl groups excluding tert-OH is 1. The molecule has 0 aliphatic rings. The molecule has 0 heterocycles. The second kappa shape index (κ2) is 7.24. The van der Waals surface area contributed by atoms with Crippen LogP contribution in [0.5, 0.6) is 0 Å². The predicted octanol–water partition coefficient (Wildman–Crippen LogP) is 3.45. The monoisotopic (exact) mass is 342 g/mol. The summed E-state index contributed by atoms with van der Waals surface area (Å²) in [6, 6.07) is 4.06. The minimum absolute atomic E-state index is 0.390. The van der Waals surface area contributed by atoms with Crippen molar-refractivity contribution in [1.82, 2.24) is 4.90 Å². The molecule has 0 aromatic heterocycles. The van der Waals surface area contributed by atoms with Crippen LogP contribution in [0.1, 0.15) is 0 Å². The smallest absolute Gasteiger partial charge is 0.382 e. The highest BCUT2D eigenvalue weighted by atomic mass is 35.5. The summed E-state index contributed by atoms with van der Waals surface area (Å²) in [5.41, 5.74) is 0.397. The van der Waals surface area contributed by atoms with E-state index in [0.29, 0.717) is 10.7 Å². The molecule has 0 unspecified atom stereocenters. The van der Waals surface area contributed by atoms with Crippen molar-refractivity contribution in [2.24, 2.45) is 0 Å². The standard InChI is InChI=1S/C12H14ClF3N2O2S/c1-18(6-10(19)12(14,15)16)11(20)17-8-5-7(13)3-4-9(8)21-2/h3-5,10,19H,6H2,1-2H3,(H,17,20)/t10-/m1/s1. The largest absolute Gasteiger partial charge is 0.416 e. The van der Waals surface area contributed by atoms with Gasteiger partial charge in [0.15, 0.2) is 6.10 Å². The molecule has 1 rings (SSSR count). The number of nitrogens with zero attached hydrogens (tertiary/aromatic N) is 1. The Morgan fingerprint density at radius 3 is 2.67 bits per heavy atom. The fraction of sp³-hybridized carbons (Fsp3) is 0.417. The third-order valence-corrected chi connectivity index (χ3v) is 3.61. The van der Waals surface area contributed by atoms with Crippen LogP contribution < -0.4 is 5.32 Å². The molecule has 1 aromatic carbocycles. The zero-order chi connectivity index (χ0) is 16.2. The van der Waals surface area contributed by atoms with Gasteiger partial charge in [-0.3, -0.25) is 0 Å². The van der Waals surface area contributed by atoms with Gasteiger partial charge in [0.05, 0.1) is 12.2 Å². The van der Waals surface area contributed by atoms with E-state index in [1.165, 1.54) is 17.8 Å². The average Bonchev–Trinajstić information content (AvgIpc) is 2.37. The van der Waals surface area contributed by atoms with Crippen molar-refractivity contribution in [3.8, 4) is 0 Å². The lowest BCUT2D eigenvalue weighted by Gasteiger charge is -2.23. The van der Waals surface area contributed by atoms with Crippen molar-refractivity contribution in [3.05, 3.63) is 23.2 Å². The van der Waals surface area contributed by atoms with Crippen molar-refractivity contribution < 1.29 is 23.1 Å². The Bertz CT molecular complexity index is 514. The minimum atomic E-state index is -4.77. The molecule has 0 bridgehead atoms. The molecule has 0 saturated heterocycles. The number of rotatable bonds is 4. The number of nitrogens with one attached hydrogen (secondary N) is 1.